The van der Waals surface area contributed by atoms with E-state index in [9.17, 15) is 9.59 Å². The standard InChI is InChI=1S/C25H30N6O3/c1-4-31-22(16-18(2)28-31)25(33)30-14-12-29(13-15-30)23-21(6-5-11-26-23)24(32)27-17-19-7-9-20(34-3)10-8-19/h5-11,16H,4,12-15,17H2,1-3H3,(H,27,32). The van der Waals surface area contributed by atoms with Crippen molar-refractivity contribution in [2.45, 2.75) is 26.9 Å². The molecule has 0 spiro atoms. The molecule has 3 aromatic rings. The highest BCUT2D eigenvalue weighted by Crippen LogP contribution is 2.20. The summed E-state index contributed by atoms with van der Waals surface area (Å²) in [5, 5.41) is 7.36. The van der Waals surface area contributed by atoms with Gasteiger partial charge in [-0.05, 0) is 49.7 Å². The van der Waals surface area contributed by atoms with Crippen molar-refractivity contribution in [1.29, 1.82) is 0 Å². The normalized spacial score (nSPS) is 13.6. The topological polar surface area (TPSA) is 92.6 Å². The number of carbonyl (C=O) groups excluding carboxylic acids is 2. The summed E-state index contributed by atoms with van der Waals surface area (Å²) in [7, 11) is 1.62. The number of aryl methyl sites for hydroxylation is 2. The van der Waals surface area contributed by atoms with E-state index in [0.29, 0.717) is 56.3 Å². The van der Waals surface area contributed by atoms with Crippen LogP contribution in [0.4, 0.5) is 5.82 Å². The highest BCUT2D eigenvalue weighted by molar-refractivity contribution is 5.99. The Balaban J connectivity index is 1.40. The first kappa shape index (κ1) is 23.3. The zero-order valence-corrected chi connectivity index (χ0v) is 19.8. The molecular weight excluding hydrogens is 432 g/mol. The molecule has 4 rings (SSSR count). The smallest absolute Gasteiger partial charge is 0.272 e. The number of anilines is 1. The maximum atomic E-state index is 13.0. The van der Waals surface area contributed by atoms with E-state index in [1.807, 2.05) is 49.1 Å². The van der Waals surface area contributed by atoms with Crippen LogP contribution in [0.25, 0.3) is 0 Å². The summed E-state index contributed by atoms with van der Waals surface area (Å²) in [4.78, 5) is 34.4. The SMILES string of the molecule is CCn1nc(C)cc1C(=O)N1CCN(c2ncccc2C(=O)NCc2ccc(OC)cc2)CC1. The van der Waals surface area contributed by atoms with Gasteiger partial charge in [-0.3, -0.25) is 14.3 Å². The monoisotopic (exact) mass is 462 g/mol. The predicted octanol–water partition coefficient (Wildman–Crippen LogP) is 2.51. The molecule has 2 amide bonds. The van der Waals surface area contributed by atoms with E-state index in [1.165, 1.54) is 0 Å². The molecule has 1 saturated heterocycles. The first-order chi connectivity index (χ1) is 16.5. The van der Waals surface area contributed by atoms with E-state index >= 15 is 0 Å². The molecule has 0 atom stereocenters. The Bertz CT molecular complexity index is 1150. The van der Waals surface area contributed by atoms with Gasteiger partial charge in [-0.25, -0.2) is 4.98 Å². The summed E-state index contributed by atoms with van der Waals surface area (Å²) >= 11 is 0. The minimum absolute atomic E-state index is 0.0134. The van der Waals surface area contributed by atoms with E-state index in [-0.39, 0.29) is 11.8 Å². The Morgan fingerprint density at radius 1 is 1.09 bits per heavy atom. The third kappa shape index (κ3) is 5.03. The molecule has 178 valence electrons. The molecule has 2 aromatic heterocycles. The minimum atomic E-state index is -0.181. The Morgan fingerprint density at radius 3 is 2.50 bits per heavy atom. The van der Waals surface area contributed by atoms with Crippen LogP contribution in [0, 0.1) is 6.92 Å². The molecule has 0 unspecified atom stereocenters. The van der Waals surface area contributed by atoms with Crippen LogP contribution in [0.3, 0.4) is 0 Å². The van der Waals surface area contributed by atoms with Gasteiger partial charge in [0, 0.05) is 45.5 Å². The van der Waals surface area contributed by atoms with Crippen LogP contribution < -0.4 is 15.0 Å². The van der Waals surface area contributed by atoms with Gasteiger partial charge in [-0.15, -0.1) is 0 Å². The van der Waals surface area contributed by atoms with Crippen LogP contribution in [0.2, 0.25) is 0 Å². The molecule has 1 aromatic carbocycles. The van der Waals surface area contributed by atoms with Gasteiger partial charge in [0.05, 0.1) is 18.4 Å². The summed E-state index contributed by atoms with van der Waals surface area (Å²) in [6, 6.07) is 13.0. The number of aromatic nitrogens is 3. The van der Waals surface area contributed by atoms with E-state index in [2.05, 4.69) is 20.3 Å². The minimum Gasteiger partial charge on any atom is -0.497 e. The maximum Gasteiger partial charge on any atom is 0.272 e. The Morgan fingerprint density at radius 2 is 1.82 bits per heavy atom. The maximum absolute atomic E-state index is 13.0. The van der Waals surface area contributed by atoms with Gasteiger partial charge in [-0.1, -0.05) is 12.1 Å². The van der Waals surface area contributed by atoms with Crippen molar-refractivity contribution in [3.8, 4) is 5.75 Å². The third-order valence-corrected chi connectivity index (χ3v) is 5.93. The zero-order valence-electron chi connectivity index (χ0n) is 19.8. The number of rotatable bonds is 7. The molecule has 0 radical (unpaired) electrons. The van der Waals surface area contributed by atoms with Gasteiger partial charge in [-0.2, -0.15) is 5.10 Å². The lowest BCUT2D eigenvalue weighted by Crippen LogP contribution is -2.49. The van der Waals surface area contributed by atoms with Crippen molar-refractivity contribution in [2.75, 3.05) is 38.2 Å². The Kier molecular flexibility index (Phi) is 7.10. The molecule has 34 heavy (non-hydrogen) atoms. The number of pyridine rings is 1. The van der Waals surface area contributed by atoms with Crippen molar-refractivity contribution < 1.29 is 14.3 Å². The summed E-state index contributed by atoms with van der Waals surface area (Å²) in [6.07, 6.45) is 1.69. The molecule has 9 heteroatoms. The number of hydrogen-bond acceptors (Lipinski definition) is 6. The number of hydrogen-bond donors (Lipinski definition) is 1. The third-order valence-electron chi connectivity index (χ3n) is 5.93. The second kappa shape index (κ2) is 10.4. The van der Waals surface area contributed by atoms with Crippen LogP contribution in [-0.2, 0) is 13.1 Å². The van der Waals surface area contributed by atoms with E-state index in [4.69, 9.17) is 4.74 Å². The van der Waals surface area contributed by atoms with E-state index in [1.54, 1.807) is 30.1 Å². The van der Waals surface area contributed by atoms with Crippen molar-refractivity contribution in [3.05, 3.63) is 71.2 Å². The summed E-state index contributed by atoms with van der Waals surface area (Å²) in [5.41, 5.74) is 2.95. The number of nitrogens with zero attached hydrogens (tertiary/aromatic N) is 5. The van der Waals surface area contributed by atoms with Crippen LogP contribution in [0.5, 0.6) is 5.75 Å². The number of nitrogens with one attached hydrogen (secondary N) is 1. The Hall–Kier alpha value is -3.88. The highest BCUT2D eigenvalue weighted by Gasteiger charge is 2.27. The van der Waals surface area contributed by atoms with Crippen molar-refractivity contribution >= 4 is 17.6 Å². The zero-order chi connectivity index (χ0) is 24.1. The van der Waals surface area contributed by atoms with Gasteiger partial charge in [0.2, 0.25) is 0 Å². The van der Waals surface area contributed by atoms with E-state index < -0.39 is 0 Å². The van der Waals surface area contributed by atoms with Gasteiger partial charge in [0.15, 0.2) is 0 Å². The molecule has 1 N–H and O–H groups in total. The molecule has 0 aliphatic carbocycles. The van der Waals surface area contributed by atoms with Gasteiger partial charge in [0.1, 0.15) is 17.3 Å². The molecule has 9 nitrogen and oxygen atoms in total. The molecule has 1 aliphatic rings. The fourth-order valence-corrected chi connectivity index (χ4v) is 4.09. The summed E-state index contributed by atoms with van der Waals surface area (Å²) in [6.45, 7) is 7.22. The first-order valence-corrected chi connectivity index (χ1v) is 11.4. The number of benzene rings is 1. The van der Waals surface area contributed by atoms with Crippen LogP contribution in [-0.4, -0.2) is 64.8 Å². The number of carbonyl (C=O) groups is 2. The second-order valence-electron chi connectivity index (χ2n) is 8.17. The molecular formula is C25H30N6O3. The first-order valence-electron chi connectivity index (χ1n) is 11.4. The van der Waals surface area contributed by atoms with Crippen LogP contribution in [0.15, 0.2) is 48.7 Å². The van der Waals surface area contributed by atoms with Gasteiger partial charge >= 0.3 is 0 Å². The summed E-state index contributed by atoms with van der Waals surface area (Å²) in [5.74, 6) is 1.22. The largest absolute Gasteiger partial charge is 0.497 e. The molecule has 0 saturated carbocycles. The van der Waals surface area contributed by atoms with Gasteiger partial charge in [0.25, 0.3) is 11.8 Å². The number of piperazine rings is 1. The lowest BCUT2D eigenvalue weighted by atomic mass is 10.1. The lowest BCUT2D eigenvalue weighted by molar-refractivity contribution is 0.0733. The summed E-state index contributed by atoms with van der Waals surface area (Å²) < 4.78 is 6.92. The fraction of sp³-hybridized carbons (Fsp3) is 0.360. The van der Waals surface area contributed by atoms with Crippen molar-refractivity contribution in [3.63, 3.8) is 0 Å². The highest BCUT2D eigenvalue weighted by atomic mass is 16.5. The Labute approximate surface area is 199 Å². The molecule has 0 bridgehead atoms. The number of amides is 2. The van der Waals surface area contributed by atoms with Gasteiger partial charge < -0.3 is 19.9 Å². The number of ether oxygens (including phenoxy) is 1. The average molecular weight is 463 g/mol. The van der Waals surface area contributed by atoms with Crippen molar-refractivity contribution in [2.24, 2.45) is 0 Å². The second-order valence-corrected chi connectivity index (χ2v) is 8.17. The van der Waals surface area contributed by atoms with E-state index in [0.717, 1.165) is 17.0 Å². The molecule has 3 heterocycles. The quantitative estimate of drug-likeness (QED) is 0.580. The average Bonchev–Trinajstić information content (AvgIpc) is 3.28. The van der Waals surface area contributed by atoms with Crippen LogP contribution >= 0.6 is 0 Å². The lowest BCUT2D eigenvalue weighted by Gasteiger charge is -2.36. The number of methoxy groups -OCH3 is 1. The predicted molar refractivity (Wildman–Crippen MR) is 129 cm³/mol. The molecule has 1 aliphatic heterocycles. The van der Waals surface area contributed by atoms with Crippen molar-refractivity contribution in [1.82, 2.24) is 25.0 Å². The van der Waals surface area contributed by atoms with Crippen LogP contribution in [0.1, 0.15) is 39.0 Å². The fourth-order valence-electron chi connectivity index (χ4n) is 4.09. The molecule has 1 fully saturated rings.